The molecular formula is C20H15ClN2O4. The van der Waals surface area contributed by atoms with Crippen LogP contribution in [-0.2, 0) is 0 Å². The molecule has 136 valence electrons. The van der Waals surface area contributed by atoms with Crippen molar-refractivity contribution < 1.29 is 14.4 Å². The van der Waals surface area contributed by atoms with Crippen molar-refractivity contribution in [1.29, 1.82) is 0 Å². The molecule has 0 bridgehead atoms. The molecule has 0 fully saturated rings. The van der Waals surface area contributed by atoms with Crippen LogP contribution in [0.3, 0.4) is 0 Å². The Hall–Kier alpha value is -3.38. The van der Waals surface area contributed by atoms with E-state index in [0.29, 0.717) is 28.5 Å². The molecule has 0 saturated carbocycles. The highest BCUT2D eigenvalue weighted by atomic mass is 35.5. The molecule has 0 aliphatic rings. The molecule has 0 saturated heterocycles. The highest BCUT2D eigenvalue weighted by Crippen LogP contribution is 2.31. The molecule has 0 aliphatic carbocycles. The summed E-state index contributed by atoms with van der Waals surface area (Å²) in [7, 11) is 1.58. The number of benzene rings is 3. The molecule has 3 rings (SSSR count). The smallest absolute Gasteiger partial charge is 0.288 e. The Morgan fingerprint density at radius 1 is 1.04 bits per heavy atom. The predicted molar refractivity (Wildman–Crippen MR) is 105 cm³/mol. The topological polar surface area (TPSA) is 74.0 Å². The average molecular weight is 383 g/mol. The van der Waals surface area contributed by atoms with Gasteiger partial charge in [-0.25, -0.2) is 0 Å². The van der Waals surface area contributed by atoms with E-state index in [2.05, 4.69) is 4.99 Å². The first kappa shape index (κ1) is 18.4. The van der Waals surface area contributed by atoms with E-state index >= 15 is 0 Å². The maximum Gasteiger partial charge on any atom is 0.288 e. The molecule has 0 N–H and O–H groups in total. The van der Waals surface area contributed by atoms with E-state index < -0.39 is 4.92 Å². The molecule has 3 aromatic rings. The zero-order valence-electron chi connectivity index (χ0n) is 14.3. The fourth-order valence-electron chi connectivity index (χ4n) is 2.33. The van der Waals surface area contributed by atoms with Gasteiger partial charge in [0.1, 0.15) is 10.8 Å². The Morgan fingerprint density at radius 2 is 1.74 bits per heavy atom. The number of nitrogens with zero attached hydrogens (tertiary/aromatic N) is 2. The highest BCUT2D eigenvalue weighted by Gasteiger charge is 2.11. The van der Waals surface area contributed by atoms with Gasteiger partial charge in [0.15, 0.2) is 11.5 Å². The number of hydrogen-bond donors (Lipinski definition) is 0. The van der Waals surface area contributed by atoms with Gasteiger partial charge in [-0.2, -0.15) is 0 Å². The van der Waals surface area contributed by atoms with Crippen LogP contribution in [0.2, 0.25) is 5.02 Å². The highest BCUT2D eigenvalue weighted by molar-refractivity contribution is 6.32. The second kappa shape index (κ2) is 8.33. The summed E-state index contributed by atoms with van der Waals surface area (Å²) in [6.07, 6.45) is 1.54. The fraction of sp³-hybridized carbons (Fsp3) is 0.0500. The Morgan fingerprint density at radius 3 is 2.41 bits per heavy atom. The summed E-state index contributed by atoms with van der Waals surface area (Å²) in [4.78, 5) is 14.7. The summed E-state index contributed by atoms with van der Waals surface area (Å²) in [5.74, 6) is 1.90. The van der Waals surface area contributed by atoms with E-state index in [1.165, 1.54) is 12.1 Å². The maximum absolute atomic E-state index is 10.9. The van der Waals surface area contributed by atoms with Crippen LogP contribution in [0.4, 0.5) is 11.4 Å². The van der Waals surface area contributed by atoms with Crippen LogP contribution >= 0.6 is 11.6 Å². The first-order valence-electron chi connectivity index (χ1n) is 7.96. The molecule has 6 nitrogen and oxygen atoms in total. The molecule has 0 unspecified atom stereocenters. The largest absolute Gasteiger partial charge is 0.493 e. The lowest BCUT2D eigenvalue weighted by Gasteiger charge is -2.09. The standard InChI is InChI=1S/C20H15ClN2O4/c1-26-19-4-2-3-5-20(19)27-16-9-7-15(8-10-16)22-13-14-6-11-17(21)18(12-14)23(24)25/h2-13H,1H3. The minimum Gasteiger partial charge on any atom is -0.493 e. The Balaban J connectivity index is 1.73. The van der Waals surface area contributed by atoms with Crippen LogP contribution in [-0.4, -0.2) is 18.2 Å². The van der Waals surface area contributed by atoms with Crippen molar-refractivity contribution in [2.45, 2.75) is 0 Å². The van der Waals surface area contributed by atoms with Crippen molar-refractivity contribution >= 4 is 29.2 Å². The number of nitro benzene ring substituents is 1. The monoisotopic (exact) mass is 382 g/mol. The lowest BCUT2D eigenvalue weighted by molar-refractivity contribution is -0.384. The molecule has 27 heavy (non-hydrogen) atoms. The molecule has 7 heteroatoms. The first-order valence-corrected chi connectivity index (χ1v) is 8.33. The van der Waals surface area contributed by atoms with Crippen molar-refractivity contribution in [2.75, 3.05) is 7.11 Å². The van der Waals surface area contributed by atoms with Gasteiger partial charge in [0, 0.05) is 12.3 Å². The minimum absolute atomic E-state index is 0.0926. The predicted octanol–water partition coefficient (Wildman–Crippen LogP) is 5.80. The van der Waals surface area contributed by atoms with E-state index in [4.69, 9.17) is 21.1 Å². The molecule has 0 aromatic heterocycles. The SMILES string of the molecule is COc1ccccc1Oc1ccc(N=Cc2ccc(Cl)c([N+](=O)[O-])c2)cc1. The van der Waals surface area contributed by atoms with Gasteiger partial charge in [0.25, 0.3) is 5.69 Å². The number of halogens is 1. The normalized spacial score (nSPS) is 10.7. The lowest BCUT2D eigenvalue weighted by Crippen LogP contribution is -1.91. The molecule has 0 aliphatic heterocycles. The second-order valence-corrected chi connectivity index (χ2v) is 5.88. The van der Waals surface area contributed by atoms with E-state index in [-0.39, 0.29) is 10.7 Å². The third kappa shape index (κ3) is 4.62. The zero-order valence-corrected chi connectivity index (χ0v) is 15.1. The van der Waals surface area contributed by atoms with Crippen LogP contribution in [0.25, 0.3) is 0 Å². The van der Waals surface area contributed by atoms with Gasteiger partial charge in [-0.1, -0.05) is 29.8 Å². The Labute approximate surface area is 160 Å². The first-order chi connectivity index (χ1) is 13.1. The van der Waals surface area contributed by atoms with E-state index in [0.717, 1.165) is 0 Å². The molecule has 0 heterocycles. The maximum atomic E-state index is 10.9. The molecule has 0 spiro atoms. The molecule has 0 amide bonds. The van der Waals surface area contributed by atoms with Gasteiger partial charge in [-0.05, 0) is 48.0 Å². The Bertz CT molecular complexity index is 988. The zero-order chi connectivity index (χ0) is 19.2. The quantitative estimate of drug-likeness (QED) is 0.307. The summed E-state index contributed by atoms with van der Waals surface area (Å²) < 4.78 is 11.1. The lowest BCUT2D eigenvalue weighted by atomic mass is 10.2. The number of para-hydroxylation sites is 2. The summed E-state index contributed by atoms with van der Waals surface area (Å²) >= 11 is 5.80. The average Bonchev–Trinajstić information content (AvgIpc) is 2.68. The number of hydrogen-bond acceptors (Lipinski definition) is 5. The van der Waals surface area contributed by atoms with Crippen LogP contribution in [0.5, 0.6) is 17.2 Å². The summed E-state index contributed by atoms with van der Waals surface area (Å²) in [5.41, 5.74) is 1.11. The van der Waals surface area contributed by atoms with Crippen molar-refractivity contribution in [1.82, 2.24) is 0 Å². The van der Waals surface area contributed by atoms with Gasteiger partial charge < -0.3 is 9.47 Å². The number of nitro groups is 1. The van der Waals surface area contributed by atoms with Crippen molar-refractivity contribution in [3.63, 3.8) is 0 Å². The molecule has 0 radical (unpaired) electrons. The number of rotatable bonds is 6. The number of aliphatic imine (C=N–C) groups is 1. The van der Waals surface area contributed by atoms with Crippen LogP contribution in [0.1, 0.15) is 5.56 Å². The van der Waals surface area contributed by atoms with Gasteiger partial charge in [-0.3, -0.25) is 15.1 Å². The van der Waals surface area contributed by atoms with Crippen molar-refractivity contribution in [2.24, 2.45) is 4.99 Å². The number of ether oxygens (including phenoxy) is 2. The summed E-state index contributed by atoms with van der Waals surface area (Å²) in [6.45, 7) is 0. The van der Waals surface area contributed by atoms with Gasteiger partial charge in [0.05, 0.1) is 17.7 Å². The summed E-state index contributed by atoms with van der Waals surface area (Å²) in [5, 5.41) is 11.0. The third-order valence-electron chi connectivity index (χ3n) is 3.66. The molecular weight excluding hydrogens is 368 g/mol. The minimum atomic E-state index is -0.524. The second-order valence-electron chi connectivity index (χ2n) is 5.47. The summed E-state index contributed by atoms with van der Waals surface area (Å²) in [6, 6.07) is 19.0. The van der Waals surface area contributed by atoms with Crippen molar-refractivity contribution in [3.05, 3.63) is 87.4 Å². The van der Waals surface area contributed by atoms with Gasteiger partial charge >= 0.3 is 0 Å². The fourth-order valence-corrected chi connectivity index (χ4v) is 2.52. The Kier molecular flexibility index (Phi) is 5.68. The third-order valence-corrected chi connectivity index (χ3v) is 3.98. The molecule has 3 aromatic carbocycles. The van der Waals surface area contributed by atoms with E-state index in [1.807, 2.05) is 24.3 Å². The van der Waals surface area contributed by atoms with Crippen LogP contribution in [0, 0.1) is 10.1 Å². The van der Waals surface area contributed by atoms with E-state index in [1.54, 1.807) is 43.7 Å². The van der Waals surface area contributed by atoms with Gasteiger partial charge in [0.2, 0.25) is 0 Å². The van der Waals surface area contributed by atoms with Crippen LogP contribution in [0.15, 0.2) is 71.7 Å². The van der Waals surface area contributed by atoms with Gasteiger partial charge in [-0.15, -0.1) is 0 Å². The van der Waals surface area contributed by atoms with Crippen LogP contribution < -0.4 is 9.47 Å². The number of methoxy groups -OCH3 is 1. The molecule has 0 atom stereocenters. The van der Waals surface area contributed by atoms with E-state index in [9.17, 15) is 10.1 Å². The van der Waals surface area contributed by atoms with Crippen molar-refractivity contribution in [3.8, 4) is 17.2 Å².